The Balaban J connectivity index is 1.32. The first-order valence-corrected chi connectivity index (χ1v) is 16.7. The number of aryl methyl sites for hydroxylation is 1. The molecule has 0 unspecified atom stereocenters. The summed E-state index contributed by atoms with van der Waals surface area (Å²) in [4.78, 5) is 0. The van der Waals surface area contributed by atoms with E-state index in [1.54, 1.807) is 0 Å². The average molecular weight is 617 g/mol. The quantitative estimate of drug-likeness (QED) is 0.187. The first-order chi connectivity index (χ1) is 23.5. The average Bonchev–Trinajstić information content (AvgIpc) is 3.56. The number of nitrogens with zero attached hydrogens (tertiary/aromatic N) is 2. The zero-order valence-electron chi connectivity index (χ0n) is 27.5. The van der Waals surface area contributed by atoms with E-state index in [-0.39, 0.29) is 5.41 Å². The van der Waals surface area contributed by atoms with Crippen LogP contribution < -0.4 is 5.01 Å². The van der Waals surface area contributed by atoms with Crippen LogP contribution in [-0.2, 0) is 5.41 Å². The number of hydrogen-bond acceptors (Lipinski definition) is 1. The largest absolute Gasteiger partial charge is 0.249 e. The number of rotatable bonds is 5. The maximum Gasteiger partial charge on any atom is 0.0722 e. The van der Waals surface area contributed by atoms with Crippen molar-refractivity contribution in [3.05, 3.63) is 174 Å². The summed E-state index contributed by atoms with van der Waals surface area (Å²) in [6.07, 6.45) is 1.95. The number of hydrogen-bond donors (Lipinski definition) is 0. The minimum absolute atomic E-state index is 0.0965. The summed E-state index contributed by atoms with van der Waals surface area (Å²) < 4.78 is 2.42. The third-order valence-electron chi connectivity index (χ3n) is 10.5. The van der Waals surface area contributed by atoms with Crippen LogP contribution in [0.2, 0.25) is 0 Å². The van der Waals surface area contributed by atoms with Crippen molar-refractivity contribution in [2.45, 2.75) is 26.2 Å². The van der Waals surface area contributed by atoms with Crippen LogP contribution in [0.15, 0.2) is 152 Å². The predicted octanol–water partition coefficient (Wildman–Crippen LogP) is 12.5. The van der Waals surface area contributed by atoms with Gasteiger partial charge in [-0.3, -0.25) is 0 Å². The maximum atomic E-state index is 4.08. The zero-order chi connectivity index (χ0) is 32.6. The van der Waals surface area contributed by atoms with Crippen LogP contribution in [0.5, 0.6) is 0 Å². The van der Waals surface area contributed by atoms with Crippen LogP contribution in [-0.4, -0.2) is 4.68 Å². The third kappa shape index (κ3) is 4.06. The van der Waals surface area contributed by atoms with E-state index in [1.165, 1.54) is 71.5 Å². The molecule has 7 aromatic carbocycles. The zero-order valence-corrected chi connectivity index (χ0v) is 27.5. The van der Waals surface area contributed by atoms with Crippen LogP contribution in [0.1, 0.15) is 36.1 Å². The lowest BCUT2D eigenvalue weighted by Gasteiger charge is -2.30. The first kappa shape index (κ1) is 28.4. The predicted molar refractivity (Wildman–Crippen MR) is 205 cm³/mol. The van der Waals surface area contributed by atoms with Crippen LogP contribution in [0.4, 0.5) is 11.4 Å². The molecule has 9 rings (SSSR count). The van der Waals surface area contributed by atoms with Gasteiger partial charge >= 0.3 is 0 Å². The van der Waals surface area contributed by atoms with Crippen molar-refractivity contribution in [1.82, 2.24) is 4.68 Å². The number of fused-ring (bicyclic) bond motifs is 7. The molecule has 2 heteroatoms. The van der Waals surface area contributed by atoms with Gasteiger partial charge in [0.25, 0.3) is 0 Å². The second-order valence-electron chi connectivity index (χ2n) is 13.5. The first-order valence-electron chi connectivity index (χ1n) is 16.7. The lowest BCUT2D eigenvalue weighted by atomic mass is 9.82. The molecule has 0 amide bonds. The summed E-state index contributed by atoms with van der Waals surface area (Å²) in [7, 11) is 0. The summed E-state index contributed by atoms with van der Waals surface area (Å²) >= 11 is 0. The van der Waals surface area contributed by atoms with Crippen molar-refractivity contribution in [3.8, 4) is 22.3 Å². The van der Waals surface area contributed by atoms with E-state index in [2.05, 4.69) is 183 Å². The number of aromatic nitrogens is 1. The monoisotopic (exact) mass is 616 g/mol. The minimum atomic E-state index is -0.0965. The molecular formula is C46H36N2. The SMILES string of the molecule is C=Cc1ccccc1-c1ccc2cc3c(cc2c1C)c1ccccc1n3N(c1ccccc1)c1ccc2c(c1)C(C)(C)c1ccccc1-2. The molecule has 0 fully saturated rings. The van der Waals surface area contributed by atoms with Crippen molar-refractivity contribution in [2.24, 2.45) is 0 Å². The molecule has 1 heterocycles. The van der Waals surface area contributed by atoms with Crippen molar-refractivity contribution in [3.63, 3.8) is 0 Å². The van der Waals surface area contributed by atoms with Crippen molar-refractivity contribution < 1.29 is 0 Å². The Morgan fingerprint density at radius 3 is 2.06 bits per heavy atom. The van der Waals surface area contributed by atoms with E-state index in [0.717, 1.165) is 16.9 Å². The number of para-hydroxylation sites is 2. The van der Waals surface area contributed by atoms with E-state index in [0.29, 0.717) is 0 Å². The van der Waals surface area contributed by atoms with Crippen LogP contribution in [0.3, 0.4) is 0 Å². The molecule has 0 spiro atoms. The number of anilines is 2. The van der Waals surface area contributed by atoms with E-state index < -0.39 is 0 Å². The highest BCUT2D eigenvalue weighted by Gasteiger charge is 2.36. The molecule has 48 heavy (non-hydrogen) atoms. The van der Waals surface area contributed by atoms with Gasteiger partial charge < -0.3 is 0 Å². The Morgan fingerprint density at radius 1 is 0.542 bits per heavy atom. The highest BCUT2D eigenvalue weighted by molar-refractivity contribution is 6.14. The van der Waals surface area contributed by atoms with Crippen molar-refractivity contribution in [2.75, 3.05) is 5.01 Å². The lowest BCUT2D eigenvalue weighted by Crippen LogP contribution is -2.24. The smallest absolute Gasteiger partial charge is 0.0722 e. The fourth-order valence-electron chi connectivity index (χ4n) is 8.12. The summed E-state index contributed by atoms with van der Waals surface area (Å²) in [5.74, 6) is 0. The van der Waals surface area contributed by atoms with Crippen molar-refractivity contribution >= 4 is 50.0 Å². The Hall–Kier alpha value is -5.86. The van der Waals surface area contributed by atoms with E-state index in [9.17, 15) is 0 Å². The Morgan fingerprint density at radius 2 is 1.23 bits per heavy atom. The minimum Gasteiger partial charge on any atom is -0.249 e. The maximum absolute atomic E-state index is 4.08. The van der Waals surface area contributed by atoms with Gasteiger partial charge in [-0.1, -0.05) is 130 Å². The molecule has 0 atom stereocenters. The molecule has 8 aromatic rings. The van der Waals surface area contributed by atoms with Gasteiger partial charge in [-0.05, 0) is 105 Å². The fraction of sp³-hybridized carbons (Fsp3) is 0.0870. The molecular weight excluding hydrogens is 581 g/mol. The molecule has 1 aromatic heterocycles. The summed E-state index contributed by atoms with van der Waals surface area (Å²) in [5, 5.41) is 7.37. The van der Waals surface area contributed by atoms with Crippen LogP contribution >= 0.6 is 0 Å². The van der Waals surface area contributed by atoms with Gasteiger partial charge in [-0.2, -0.15) is 0 Å². The molecule has 0 saturated carbocycles. The van der Waals surface area contributed by atoms with E-state index in [1.807, 2.05) is 6.08 Å². The van der Waals surface area contributed by atoms with Crippen molar-refractivity contribution in [1.29, 1.82) is 0 Å². The standard InChI is InChI=1S/C46H36N2/c1-5-31-15-9-10-18-36(31)35-25-23-32-27-45-41(29-40(32)30(35)2)39-20-12-14-22-44(39)48(45)47(33-16-7-6-8-17-33)34-24-26-38-37-19-11-13-21-42(37)46(3,4)43(38)28-34/h5-29H,1H2,2-4H3. The third-order valence-corrected chi connectivity index (χ3v) is 10.5. The molecule has 0 saturated heterocycles. The van der Waals surface area contributed by atoms with E-state index >= 15 is 0 Å². The lowest BCUT2D eigenvalue weighted by molar-refractivity contribution is 0.660. The van der Waals surface area contributed by atoms with E-state index in [4.69, 9.17) is 0 Å². The van der Waals surface area contributed by atoms with Gasteiger partial charge in [0, 0.05) is 16.2 Å². The molecule has 0 bridgehead atoms. The topological polar surface area (TPSA) is 8.17 Å². The van der Waals surface area contributed by atoms with Crippen LogP contribution in [0, 0.1) is 6.92 Å². The molecule has 1 aliphatic rings. The molecule has 230 valence electrons. The molecule has 2 nitrogen and oxygen atoms in total. The summed E-state index contributed by atoms with van der Waals surface area (Å²) in [5.41, 5.74) is 14.8. The number of benzene rings is 7. The summed E-state index contributed by atoms with van der Waals surface area (Å²) in [6, 6.07) is 53.3. The molecule has 0 N–H and O–H groups in total. The van der Waals surface area contributed by atoms with Gasteiger partial charge in [-0.15, -0.1) is 0 Å². The van der Waals surface area contributed by atoms with Gasteiger partial charge in [0.15, 0.2) is 0 Å². The normalized spacial score (nSPS) is 13.1. The Bertz CT molecular complexity index is 2570. The second-order valence-corrected chi connectivity index (χ2v) is 13.5. The highest BCUT2D eigenvalue weighted by Crippen LogP contribution is 2.50. The van der Waals surface area contributed by atoms with Gasteiger partial charge in [0.05, 0.1) is 22.4 Å². The van der Waals surface area contributed by atoms with Gasteiger partial charge in [0.2, 0.25) is 0 Å². The molecule has 1 aliphatic carbocycles. The fourth-order valence-corrected chi connectivity index (χ4v) is 8.12. The Labute approximate surface area is 281 Å². The van der Waals surface area contributed by atoms with Gasteiger partial charge in [-0.25, -0.2) is 9.69 Å². The second kappa shape index (κ2) is 10.6. The highest BCUT2D eigenvalue weighted by atomic mass is 15.6. The Kier molecular flexibility index (Phi) is 6.26. The van der Waals surface area contributed by atoms with Gasteiger partial charge in [0.1, 0.15) is 0 Å². The molecule has 0 aliphatic heterocycles. The molecule has 0 radical (unpaired) electrons. The van der Waals surface area contributed by atoms with Crippen LogP contribution in [0.25, 0.3) is 60.9 Å². The summed E-state index contributed by atoms with van der Waals surface area (Å²) in [6.45, 7) is 11.0.